The zero-order valence-electron chi connectivity index (χ0n) is 17.0. The molecule has 2 heterocycles. The smallest absolute Gasteiger partial charge is 0.240 e. The number of amides is 1. The molecule has 158 valence electrons. The lowest BCUT2D eigenvalue weighted by atomic mass is 10.0. The molecule has 7 nitrogen and oxygen atoms in total. The fraction of sp³-hybridized carbons (Fsp3) is 0.619. The maximum Gasteiger partial charge on any atom is 0.240 e. The molecule has 1 aliphatic carbocycles. The molecule has 1 amide bonds. The van der Waals surface area contributed by atoms with Crippen molar-refractivity contribution in [2.75, 3.05) is 26.2 Å². The summed E-state index contributed by atoms with van der Waals surface area (Å²) in [7, 11) is 0. The molecule has 3 fully saturated rings. The minimum Gasteiger partial charge on any atom is -0.348 e. The van der Waals surface area contributed by atoms with E-state index in [0.29, 0.717) is 36.9 Å². The lowest BCUT2D eigenvalue weighted by Crippen LogP contribution is -2.70. The summed E-state index contributed by atoms with van der Waals surface area (Å²) >= 11 is 6.24. The van der Waals surface area contributed by atoms with Crippen LogP contribution in [0.3, 0.4) is 0 Å². The van der Waals surface area contributed by atoms with Crippen LogP contribution in [-0.2, 0) is 4.79 Å². The Morgan fingerprint density at radius 2 is 2.21 bits per heavy atom. The summed E-state index contributed by atoms with van der Waals surface area (Å²) in [5, 5.41) is 20.0. The van der Waals surface area contributed by atoms with Gasteiger partial charge in [-0.05, 0) is 55.9 Å². The average molecular weight is 419 g/mol. The summed E-state index contributed by atoms with van der Waals surface area (Å²) in [5.41, 5.74) is 6.62. The van der Waals surface area contributed by atoms with Crippen LogP contribution in [0.5, 0.6) is 0 Å². The number of halogens is 1. The average Bonchev–Trinajstić information content (AvgIpc) is 3.37. The summed E-state index contributed by atoms with van der Waals surface area (Å²) in [4.78, 5) is 15.0. The monoisotopic (exact) mass is 418 g/mol. The van der Waals surface area contributed by atoms with Crippen LogP contribution in [0.2, 0.25) is 0 Å². The molecular formula is C21H31ClN6O. The van der Waals surface area contributed by atoms with Crippen LogP contribution in [0, 0.1) is 22.7 Å². The fourth-order valence-corrected chi connectivity index (χ4v) is 4.07. The van der Waals surface area contributed by atoms with E-state index in [9.17, 15) is 10.1 Å². The Labute approximate surface area is 178 Å². The van der Waals surface area contributed by atoms with Crippen molar-refractivity contribution in [3.8, 4) is 6.07 Å². The molecule has 4 unspecified atom stereocenters. The number of carbonyl (C=O) groups excluding carboxylic acids is 1. The molecule has 29 heavy (non-hydrogen) atoms. The zero-order valence-corrected chi connectivity index (χ0v) is 17.8. The summed E-state index contributed by atoms with van der Waals surface area (Å²) in [6, 6.07) is 2.02. The van der Waals surface area contributed by atoms with Crippen molar-refractivity contribution < 1.29 is 4.79 Å². The van der Waals surface area contributed by atoms with E-state index in [1.807, 2.05) is 13.0 Å². The molecule has 0 spiro atoms. The molecule has 5 N–H and O–H groups in total. The SMILES string of the molecule is C=C(C)/C(Cl)=C\C(=C)C1NCC(NC(=O)C2(C#N)CC2)C(N2CCC(CN)C2)N1. The third-order valence-electron chi connectivity index (χ3n) is 6.11. The van der Waals surface area contributed by atoms with Crippen LogP contribution in [0.15, 0.2) is 35.4 Å². The second-order valence-electron chi connectivity index (χ2n) is 8.46. The zero-order chi connectivity index (χ0) is 21.2. The second kappa shape index (κ2) is 8.99. The van der Waals surface area contributed by atoms with Gasteiger partial charge in [0, 0.05) is 24.7 Å². The maximum atomic E-state index is 12.7. The van der Waals surface area contributed by atoms with Gasteiger partial charge in [0.05, 0.1) is 24.4 Å². The van der Waals surface area contributed by atoms with Gasteiger partial charge in [-0.1, -0.05) is 24.8 Å². The number of nitriles is 1. The van der Waals surface area contributed by atoms with Gasteiger partial charge in [-0.3, -0.25) is 20.3 Å². The van der Waals surface area contributed by atoms with Crippen LogP contribution >= 0.6 is 11.6 Å². The number of allylic oxidation sites excluding steroid dienone is 2. The van der Waals surface area contributed by atoms with Gasteiger partial charge in [0.25, 0.3) is 0 Å². The number of nitrogens with zero attached hydrogens (tertiary/aromatic N) is 2. The standard InChI is InChI=1S/C21H31ClN6O/c1-13(2)16(22)8-14(3)18-25-10-17(26-20(29)21(12-24)5-6-21)19(27-18)28-7-4-15(9-23)11-28/h8,15,17-19,25,27H,1,3-7,9-11,23H2,2H3,(H,26,29)/b16-8+. The van der Waals surface area contributed by atoms with Crippen molar-refractivity contribution in [3.05, 3.63) is 35.4 Å². The van der Waals surface area contributed by atoms with Crippen molar-refractivity contribution in [2.24, 2.45) is 17.1 Å². The number of nitrogens with one attached hydrogen (secondary N) is 3. The molecule has 0 aromatic heterocycles. The first kappa shape index (κ1) is 22.0. The van der Waals surface area contributed by atoms with Crippen LogP contribution in [0.25, 0.3) is 0 Å². The highest BCUT2D eigenvalue weighted by atomic mass is 35.5. The van der Waals surface area contributed by atoms with Gasteiger partial charge < -0.3 is 11.1 Å². The third kappa shape index (κ3) is 4.90. The summed E-state index contributed by atoms with van der Waals surface area (Å²) < 4.78 is 0. The fourth-order valence-electron chi connectivity index (χ4n) is 3.93. The van der Waals surface area contributed by atoms with Gasteiger partial charge in [-0.25, -0.2) is 0 Å². The predicted molar refractivity (Wildman–Crippen MR) is 115 cm³/mol. The highest BCUT2D eigenvalue weighted by molar-refractivity contribution is 6.32. The number of hydrogen-bond acceptors (Lipinski definition) is 6. The molecule has 0 aromatic carbocycles. The Kier molecular flexibility index (Phi) is 6.82. The van der Waals surface area contributed by atoms with E-state index >= 15 is 0 Å². The molecule has 0 aromatic rings. The van der Waals surface area contributed by atoms with Gasteiger partial charge in [0.1, 0.15) is 5.41 Å². The van der Waals surface area contributed by atoms with Gasteiger partial charge in [0.15, 0.2) is 0 Å². The number of hydrogen-bond donors (Lipinski definition) is 4. The van der Waals surface area contributed by atoms with Crippen molar-refractivity contribution in [1.29, 1.82) is 5.26 Å². The summed E-state index contributed by atoms with van der Waals surface area (Å²) in [6.45, 7) is 12.9. The molecule has 3 aliphatic rings. The first-order chi connectivity index (χ1) is 13.8. The Bertz CT molecular complexity index is 753. The van der Waals surface area contributed by atoms with Crippen LogP contribution in [-0.4, -0.2) is 55.4 Å². The maximum absolute atomic E-state index is 12.7. The normalized spacial score (nSPS) is 31.7. The minimum atomic E-state index is -0.840. The van der Waals surface area contributed by atoms with Gasteiger partial charge in [-0.2, -0.15) is 5.26 Å². The van der Waals surface area contributed by atoms with Crippen LogP contribution in [0.1, 0.15) is 26.2 Å². The molecule has 4 atom stereocenters. The van der Waals surface area contributed by atoms with E-state index in [-0.39, 0.29) is 24.3 Å². The van der Waals surface area contributed by atoms with Gasteiger partial charge in [-0.15, -0.1) is 0 Å². The highest BCUT2D eigenvalue weighted by Gasteiger charge is 2.52. The Hall–Kier alpha value is -1.69. The highest BCUT2D eigenvalue weighted by Crippen LogP contribution is 2.45. The topological polar surface area (TPSA) is 106 Å². The molecular weight excluding hydrogens is 388 g/mol. The first-order valence-electron chi connectivity index (χ1n) is 10.2. The number of nitrogens with two attached hydrogens (primary N) is 1. The molecule has 8 heteroatoms. The van der Waals surface area contributed by atoms with Crippen LogP contribution in [0.4, 0.5) is 0 Å². The molecule has 0 radical (unpaired) electrons. The molecule has 2 saturated heterocycles. The largest absolute Gasteiger partial charge is 0.348 e. The lowest BCUT2D eigenvalue weighted by Gasteiger charge is -2.43. The number of carbonyl (C=O) groups is 1. The van der Waals surface area contributed by atoms with E-state index < -0.39 is 5.41 Å². The predicted octanol–water partition coefficient (Wildman–Crippen LogP) is 1.16. The number of rotatable bonds is 7. The van der Waals surface area contributed by atoms with Gasteiger partial charge in [0.2, 0.25) is 5.91 Å². The summed E-state index contributed by atoms with van der Waals surface area (Å²) in [5.74, 6) is 0.284. The molecule has 2 aliphatic heterocycles. The minimum absolute atomic E-state index is 0.0787. The quantitative estimate of drug-likeness (QED) is 0.462. The Morgan fingerprint density at radius 3 is 2.76 bits per heavy atom. The van der Waals surface area contributed by atoms with E-state index in [4.69, 9.17) is 17.3 Å². The van der Waals surface area contributed by atoms with Crippen LogP contribution < -0.4 is 21.7 Å². The Balaban J connectivity index is 1.73. The van der Waals surface area contributed by atoms with E-state index in [2.05, 4.69) is 40.1 Å². The number of likely N-dealkylation sites (tertiary alicyclic amines) is 1. The molecule has 3 rings (SSSR count). The van der Waals surface area contributed by atoms with Crippen molar-refractivity contribution >= 4 is 17.5 Å². The lowest BCUT2D eigenvalue weighted by molar-refractivity contribution is -0.126. The first-order valence-corrected chi connectivity index (χ1v) is 10.5. The molecule has 0 bridgehead atoms. The van der Waals surface area contributed by atoms with Crippen molar-refractivity contribution in [2.45, 2.75) is 44.6 Å². The van der Waals surface area contributed by atoms with E-state index in [1.54, 1.807) is 0 Å². The third-order valence-corrected chi connectivity index (χ3v) is 6.54. The second-order valence-corrected chi connectivity index (χ2v) is 8.87. The van der Waals surface area contributed by atoms with Crippen molar-refractivity contribution in [1.82, 2.24) is 20.9 Å². The Morgan fingerprint density at radius 1 is 1.48 bits per heavy atom. The van der Waals surface area contributed by atoms with E-state index in [1.165, 1.54) is 0 Å². The van der Waals surface area contributed by atoms with E-state index in [0.717, 1.165) is 30.7 Å². The van der Waals surface area contributed by atoms with Gasteiger partial charge >= 0.3 is 0 Å². The summed E-state index contributed by atoms with van der Waals surface area (Å²) in [6.07, 6.45) is 3.87. The van der Waals surface area contributed by atoms with Crippen molar-refractivity contribution in [3.63, 3.8) is 0 Å². The molecule has 1 saturated carbocycles.